The molecule has 1 heterocycles. The van der Waals surface area contributed by atoms with Crippen molar-refractivity contribution in [3.8, 4) is 0 Å². The van der Waals surface area contributed by atoms with Crippen molar-refractivity contribution in [2.24, 2.45) is 0 Å². The first-order valence-electron chi connectivity index (χ1n) is 3.57. The topological polar surface area (TPSA) is 46.5 Å². The Kier molecular flexibility index (Phi) is 2.40. The van der Waals surface area contributed by atoms with Gasteiger partial charge in [0.05, 0.1) is 12.7 Å². The minimum Gasteiger partial charge on any atom is -0.394 e. The Morgan fingerprint density at radius 2 is 2.50 bits per heavy atom. The summed E-state index contributed by atoms with van der Waals surface area (Å²) in [5.41, 5.74) is 0. The van der Waals surface area contributed by atoms with Crippen LogP contribution in [0.3, 0.4) is 0 Å². The van der Waals surface area contributed by atoms with Crippen molar-refractivity contribution in [1.29, 1.82) is 0 Å². The molecule has 0 amide bonds. The Balaban J connectivity index is 2.44. The van der Waals surface area contributed by atoms with Gasteiger partial charge in [0.25, 0.3) is 0 Å². The molecular weight excluding hydrogens is 132 g/mol. The van der Waals surface area contributed by atoms with Crippen molar-refractivity contribution in [3.63, 3.8) is 0 Å². The summed E-state index contributed by atoms with van der Waals surface area (Å²) in [7, 11) is 0. The molecule has 10 heavy (non-hydrogen) atoms. The monoisotopic (exact) mass is 144 g/mol. The van der Waals surface area contributed by atoms with Crippen LogP contribution in [0.5, 0.6) is 0 Å². The lowest BCUT2D eigenvalue weighted by Crippen LogP contribution is -2.15. The van der Waals surface area contributed by atoms with Crippen LogP contribution in [0.1, 0.15) is 19.8 Å². The highest BCUT2D eigenvalue weighted by Crippen LogP contribution is 2.17. The Bertz CT molecular complexity index is 133. The number of hydrogen-bond donors (Lipinski definition) is 1. The van der Waals surface area contributed by atoms with Crippen molar-refractivity contribution in [2.75, 3.05) is 6.61 Å². The molecular formula is C7H12O3. The molecule has 0 aromatic carbocycles. The highest BCUT2D eigenvalue weighted by atomic mass is 16.5. The third-order valence-corrected chi connectivity index (χ3v) is 1.72. The van der Waals surface area contributed by atoms with Gasteiger partial charge < -0.3 is 9.84 Å². The summed E-state index contributed by atoms with van der Waals surface area (Å²) >= 11 is 0. The molecule has 0 bridgehead atoms. The maximum absolute atomic E-state index is 10.9. The van der Waals surface area contributed by atoms with E-state index in [1.54, 1.807) is 0 Å². The van der Waals surface area contributed by atoms with Gasteiger partial charge in [0.1, 0.15) is 6.10 Å². The predicted octanol–water partition coefficient (Wildman–Crippen LogP) is 0.115. The van der Waals surface area contributed by atoms with E-state index in [-0.39, 0.29) is 24.6 Å². The van der Waals surface area contributed by atoms with E-state index < -0.39 is 0 Å². The van der Waals surface area contributed by atoms with Crippen molar-refractivity contribution in [3.05, 3.63) is 0 Å². The van der Waals surface area contributed by atoms with Crippen LogP contribution in [-0.2, 0) is 9.53 Å². The first-order chi connectivity index (χ1) is 4.77. The van der Waals surface area contributed by atoms with Gasteiger partial charge in [-0.15, -0.1) is 0 Å². The zero-order valence-corrected chi connectivity index (χ0v) is 6.04. The molecule has 0 saturated carbocycles. The molecule has 0 aliphatic carbocycles. The molecule has 58 valence electrons. The second-order valence-electron chi connectivity index (χ2n) is 2.51. The quantitative estimate of drug-likeness (QED) is 0.598. The van der Waals surface area contributed by atoms with Gasteiger partial charge in [-0.2, -0.15) is 0 Å². The van der Waals surface area contributed by atoms with Gasteiger partial charge in [-0.3, -0.25) is 4.79 Å². The minimum absolute atomic E-state index is 0.0394. The summed E-state index contributed by atoms with van der Waals surface area (Å²) in [4.78, 5) is 10.9. The smallest absolute Gasteiger partial charge is 0.164 e. The SMILES string of the molecule is CC[C@@H]1O[C@@H](CO)CC1=O. The van der Waals surface area contributed by atoms with Crippen molar-refractivity contribution < 1.29 is 14.6 Å². The fraction of sp³-hybridized carbons (Fsp3) is 0.857. The zero-order chi connectivity index (χ0) is 7.56. The normalized spacial score (nSPS) is 33.2. The molecule has 0 aromatic rings. The van der Waals surface area contributed by atoms with Gasteiger partial charge in [0.2, 0.25) is 0 Å². The number of ketones is 1. The maximum Gasteiger partial charge on any atom is 0.164 e. The first-order valence-corrected chi connectivity index (χ1v) is 3.57. The van der Waals surface area contributed by atoms with E-state index in [4.69, 9.17) is 9.84 Å². The minimum atomic E-state index is -0.253. The Labute approximate surface area is 60.0 Å². The summed E-state index contributed by atoms with van der Waals surface area (Å²) in [5, 5.41) is 8.62. The Hall–Kier alpha value is -0.410. The number of rotatable bonds is 2. The number of aliphatic hydroxyl groups excluding tert-OH is 1. The van der Waals surface area contributed by atoms with Crippen LogP contribution in [0.2, 0.25) is 0 Å². The molecule has 3 heteroatoms. The van der Waals surface area contributed by atoms with Gasteiger partial charge in [-0.05, 0) is 6.42 Å². The fourth-order valence-corrected chi connectivity index (χ4v) is 1.14. The van der Waals surface area contributed by atoms with E-state index in [2.05, 4.69) is 0 Å². The second-order valence-corrected chi connectivity index (χ2v) is 2.51. The fourth-order valence-electron chi connectivity index (χ4n) is 1.14. The standard InChI is InChI=1S/C7H12O3/c1-2-7-6(9)3-5(4-8)10-7/h5,7-8H,2-4H2,1H3/t5-,7+/m1/s1. The molecule has 1 saturated heterocycles. The number of aliphatic hydroxyl groups is 1. The summed E-state index contributed by atoms with van der Waals surface area (Å²) in [6, 6.07) is 0. The molecule has 2 atom stereocenters. The average Bonchev–Trinajstić information content (AvgIpc) is 2.30. The highest BCUT2D eigenvalue weighted by molar-refractivity contribution is 5.85. The van der Waals surface area contributed by atoms with Gasteiger partial charge in [-0.25, -0.2) is 0 Å². The van der Waals surface area contributed by atoms with Gasteiger partial charge >= 0.3 is 0 Å². The van der Waals surface area contributed by atoms with Gasteiger partial charge in [0.15, 0.2) is 5.78 Å². The summed E-state index contributed by atoms with van der Waals surface area (Å²) in [6.07, 6.45) is 0.610. The summed E-state index contributed by atoms with van der Waals surface area (Å²) in [6.45, 7) is 1.87. The van der Waals surface area contributed by atoms with Crippen molar-refractivity contribution >= 4 is 5.78 Å². The van der Waals surface area contributed by atoms with Gasteiger partial charge in [-0.1, -0.05) is 6.92 Å². The lowest BCUT2D eigenvalue weighted by atomic mass is 10.1. The molecule has 1 N–H and O–H groups in total. The van der Waals surface area contributed by atoms with Crippen molar-refractivity contribution in [2.45, 2.75) is 32.0 Å². The number of carbonyl (C=O) groups is 1. The maximum atomic E-state index is 10.9. The summed E-state index contributed by atoms with van der Waals surface area (Å²) in [5.74, 6) is 0.126. The lowest BCUT2D eigenvalue weighted by Gasteiger charge is -2.06. The first kappa shape index (κ1) is 7.69. The van der Waals surface area contributed by atoms with Crippen LogP contribution in [0.4, 0.5) is 0 Å². The predicted molar refractivity (Wildman–Crippen MR) is 35.7 cm³/mol. The molecule has 3 nitrogen and oxygen atoms in total. The number of Topliss-reactive ketones (excluding diaryl/α,β-unsaturated/α-hetero) is 1. The average molecular weight is 144 g/mol. The van der Waals surface area contributed by atoms with Gasteiger partial charge in [0, 0.05) is 6.42 Å². The van der Waals surface area contributed by atoms with Crippen LogP contribution in [-0.4, -0.2) is 29.7 Å². The largest absolute Gasteiger partial charge is 0.394 e. The van der Waals surface area contributed by atoms with Crippen LogP contribution in [0.25, 0.3) is 0 Å². The summed E-state index contributed by atoms with van der Waals surface area (Å²) < 4.78 is 5.17. The van der Waals surface area contributed by atoms with E-state index >= 15 is 0 Å². The van der Waals surface area contributed by atoms with E-state index in [0.717, 1.165) is 6.42 Å². The molecule has 0 unspecified atom stereocenters. The molecule has 1 rings (SSSR count). The Morgan fingerprint density at radius 1 is 1.80 bits per heavy atom. The molecule has 1 fully saturated rings. The number of hydrogen-bond acceptors (Lipinski definition) is 3. The van der Waals surface area contributed by atoms with Crippen molar-refractivity contribution in [1.82, 2.24) is 0 Å². The van der Waals surface area contributed by atoms with E-state index in [1.807, 2.05) is 6.92 Å². The van der Waals surface area contributed by atoms with E-state index in [1.165, 1.54) is 0 Å². The molecule has 0 radical (unpaired) electrons. The van der Waals surface area contributed by atoms with Crippen LogP contribution < -0.4 is 0 Å². The molecule has 0 spiro atoms. The Morgan fingerprint density at radius 3 is 2.80 bits per heavy atom. The lowest BCUT2D eigenvalue weighted by molar-refractivity contribution is -0.122. The molecule has 1 aliphatic heterocycles. The number of carbonyl (C=O) groups excluding carboxylic acids is 1. The van der Waals surface area contributed by atoms with Crippen LogP contribution >= 0.6 is 0 Å². The molecule has 1 aliphatic rings. The second kappa shape index (κ2) is 3.12. The van der Waals surface area contributed by atoms with E-state index in [0.29, 0.717) is 6.42 Å². The van der Waals surface area contributed by atoms with Crippen LogP contribution in [0, 0.1) is 0 Å². The third-order valence-electron chi connectivity index (χ3n) is 1.72. The van der Waals surface area contributed by atoms with E-state index in [9.17, 15) is 4.79 Å². The third kappa shape index (κ3) is 1.36. The van der Waals surface area contributed by atoms with Crippen LogP contribution in [0.15, 0.2) is 0 Å². The number of ether oxygens (including phenoxy) is 1. The zero-order valence-electron chi connectivity index (χ0n) is 6.04. The molecule has 0 aromatic heterocycles. The highest BCUT2D eigenvalue weighted by Gasteiger charge is 2.31.